The molecule has 0 fully saturated rings. The van der Waals surface area contributed by atoms with Crippen molar-refractivity contribution in [3.8, 4) is 0 Å². The third-order valence-corrected chi connectivity index (χ3v) is 0.288. The zero-order valence-electron chi connectivity index (χ0n) is 3.83. The normalized spacial score (nSPS) is 9.14. The molecule has 0 unspecified atom stereocenters. The highest BCUT2D eigenvalue weighted by atomic mass is 16.3. The molecule has 1 N–H and O–H groups in total. The van der Waals surface area contributed by atoms with E-state index in [4.69, 9.17) is 5.11 Å². The van der Waals surface area contributed by atoms with Crippen molar-refractivity contribution in [2.24, 2.45) is 9.98 Å². The summed E-state index contributed by atoms with van der Waals surface area (Å²) in [5.41, 5.74) is 0. The predicted octanol–water partition coefficient (Wildman–Crippen LogP) is 0.744. The lowest BCUT2D eigenvalue weighted by molar-refractivity contribution is 0.410. The van der Waals surface area contributed by atoms with E-state index in [0.717, 1.165) is 6.34 Å². The summed E-state index contributed by atoms with van der Waals surface area (Å²) in [5, 5.41) is 8.20. The van der Waals surface area contributed by atoms with Crippen LogP contribution >= 0.6 is 0 Å². The van der Waals surface area contributed by atoms with Gasteiger partial charge in [0.15, 0.2) is 0 Å². The summed E-state index contributed by atoms with van der Waals surface area (Å²) in [4.78, 5) is 6.46. The van der Waals surface area contributed by atoms with Crippen LogP contribution in [0.3, 0.4) is 0 Å². The highest BCUT2D eigenvalue weighted by Gasteiger charge is 1.69. The van der Waals surface area contributed by atoms with E-state index >= 15 is 0 Å². The molecular formula is C4H6N2O. The highest BCUT2D eigenvalue weighted by Crippen LogP contribution is 1.78. The van der Waals surface area contributed by atoms with Crippen LogP contribution in [0.15, 0.2) is 22.4 Å². The van der Waals surface area contributed by atoms with Gasteiger partial charge in [0.2, 0.25) is 5.88 Å². The maximum absolute atomic E-state index is 8.20. The summed E-state index contributed by atoms with van der Waals surface area (Å²) >= 11 is 0. The first kappa shape index (κ1) is 5.88. The van der Waals surface area contributed by atoms with Crippen molar-refractivity contribution in [3.05, 3.63) is 12.5 Å². The van der Waals surface area contributed by atoms with Gasteiger partial charge in [0.05, 0.1) is 0 Å². The summed E-state index contributed by atoms with van der Waals surface area (Å²) in [6, 6.07) is 0. The second kappa shape index (κ2) is 3.08. The third kappa shape index (κ3) is 4.88. The van der Waals surface area contributed by atoms with Crippen LogP contribution in [-0.4, -0.2) is 18.2 Å². The van der Waals surface area contributed by atoms with E-state index in [-0.39, 0.29) is 5.88 Å². The Bertz CT molecular complexity index is 106. The van der Waals surface area contributed by atoms with E-state index < -0.39 is 0 Å². The molecule has 0 aliphatic rings. The van der Waals surface area contributed by atoms with Crippen LogP contribution in [0.25, 0.3) is 0 Å². The molecule has 0 aromatic heterocycles. The Hall–Kier alpha value is -1.12. The quantitative estimate of drug-likeness (QED) is 0.309. The molecular weight excluding hydrogens is 92.1 g/mol. The van der Waals surface area contributed by atoms with Gasteiger partial charge >= 0.3 is 0 Å². The summed E-state index contributed by atoms with van der Waals surface area (Å²) in [6.45, 7) is 6.14. The topological polar surface area (TPSA) is 45.0 Å². The van der Waals surface area contributed by atoms with Crippen LogP contribution in [0.5, 0.6) is 0 Å². The molecule has 0 aliphatic heterocycles. The number of hydrogen-bond acceptors (Lipinski definition) is 2. The molecule has 0 aromatic carbocycles. The SMILES string of the molecule is C=N/C=N\C(=C)O. The first-order chi connectivity index (χ1) is 3.27. The number of hydrogen-bond donors (Lipinski definition) is 1. The van der Waals surface area contributed by atoms with Gasteiger partial charge in [-0.25, -0.2) is 4.99 Å². The minimum Gasteiger partial charge on any atom is -0.494 e. The van der Waals surface area contributed by atoms with Gasteiger partial charge in [0.1, 0.15) is 6.34 Å². The molecule has 0 aliphatic carbocycles. The molecule has 0 amide bonds. The first-order valence-electron chi connectivity index (χ1n) is 1.63. The Kier molecular flexibility index (Phi) is 2.59. The Morgan fingerprint density at radius 1 is 1.71 bits per heavy atom. The molecule has 38 valence electrons. The zero-order valence-corrected chi connectivity index (χ0v) is 3.83. The van der Waals surface area contributed by atoms with Crippen molar-refractivity contribution < 1.29 is 5.11 Å². The lowest BCUT2D eigenvalue weighted by Crippen LogP contribution is -1.68. The summed E-state index contributed by atoms with van der Waals surface area (Å²) in [5.74, 6) is -0.257. The lowest BCUT2D eigenvalue weighted by Gasteiger charge is -1.77. The molecule has 7 heavy (non-hydrogen) atoms. The van der Waals surface area contributed by atoms with Gasteiger partial charge in [0, 0.05) is 0 Å². The van der Waals surface area contributed by atoms with E-state index in [9.17, 15) is 0 Å². The molecule has 0 rings (SSSR count). The fourth-order valence-electron chi connectivity index (χ4n) is 0.107. The number of rotatable bonds is 2. The van der Waals surface area contributed by atoms with Crippen LogP contribution in [0, 0.1) is 0 Å². The molecule has 0 aromatic rings. The summed E-state index contributed by atoms with van der Waals surface area (Å²) < 4.78 is 0. The van der Waals surface area contributed by atoms with Crippen molar-refractivity contribution in [1.82, 2.24) is 0 Å². The van der Waals surface area contributed by atoms with E-state index in [2.05, 4.69) is 23.3 Å². The molecule has 0 saturated heterocycles. The van der Waals surface area contributed by atoms with Crippen LogP contribution in [0.1, 0.15) is 0 Å². The van der Waals surface area contributed by atoms with Crippen molar-refractivity contribution >= 4 is 13.1 Å². The van der Waals surface area contributed by atoms with E-state index in [0.29, 0.717) is 0 Å². The minimum atomic E-state index is -0.257. The molecule has 0 radical (unpaired) electrons. The smallest absolute Gasteiger partial charge is 0.204 e. The number of nitrogens with zero attached hydrogens (tertiary/aromatic N) is 2. The van der Waals surface area contributed by atoms with E-state index in [1.165, 1.54) is 0 Å². The Balaban J connectivity index is 3.46. The van der Waals surface area contributed by atoms with Gasteiger partial charge in [0.25, 0.3) is 0 Å². The third-order valence-electron chi connectivity index (χ3n) is 0.288. The van der Waals surface area contributed by atoms with Crippen molar-refractivity contribution in [3.63, 3.8) is 0 Å². The lowest BCUT2D eigenvalue weighted by atomic mass is 10.9. The van der Waals surface area contributed by atoms with Crippen molar-refractivity contribution in [2.75, 3.05) is 0 Å². The molecule has 3 nitrogen and oxygen atoms in total. The molecule has 3 heteroatoms. The molecule has 0 spiro atoms. The summed E-state index contributed by atoms with van der Waals surface area (Å²) in [6.07, 6.45) is 1.11. The molecule has 0 saturated carbocycles. The first-order valence-corrected chi connectivity index (χ1v) is 1.63. The molecule has 0 atom stereocenters. The maximum atomic E-state index is 8.20. The Labute approximate surface area is 41.7 Å². The molecule has 0 bridgehead atoms. The van der Waals surface area contributed by atoms with Crippen LogP contribution < -0.4 is 0 Å². The van der Waals surface area contributed by atoms with Gasteiger partial charge in [-0.3, -0.25) is 4.99 Å². The largest absolute Gasteiger partial charge is 0.494 e. The highest BCUT2D eigenvalue weighted by molar-refractivity contribution is 5.62. The molecule has 0 heterocycles. The fraction of sp³-hybridized carbons (Fsp3) is 0. The van der Waals surface area contributed by atoms with Gasteiger partial charge in [-0.1, -0.05) is 0 Å². The van der Waals surface area contributed by atoms with Gasteiger partial charge in [-0.05, 0) is 13.3 Å². The minimum absolute atomic E-state index is 0.257. The van der Waals surface area contributed by atoms with Gasteiger partial charge in [-0.2, -0.15) is 0 Å². The Morgan fingerprint density at radius 2 is 2.29 bits per heavy atom. The Morgan fingerprint density at radius 3 is 2.43 bits per heavy atom. The van der Waals surface area contributed by atoms with Crippen LogP contribution in [0.2, 0.25) is 0 Å². The van der Waals surface area contributed by atoms with E-state index in [1.807, 2.05) is 0 Å². The maximum Gasteiger partial charge on any atom is 0.204 e. The second-order valence-electron chi connectivity index (χ2n) is 0.843. The number of aliphatic imine (C=N–C) groups is 2. The van der Waals surface area contributed by atoms with Crippen LogP contribution in [-0.2, 0) is 0 Å². The number of aliphatic hydroxyl groups is 1. The predicted molar refractivity (Wildman–Crippen MR) is 29.8 cm³/mol. The van der Waals surface area contributed by atoms with Gasteiger partial charge < -0.3 is 5.11 Å². The standard InChI is InChI=1S/C4H6N2O/c1-4(7)6-3-5-2/h3,7H,1-2H2/b6-3-. The average Bonchev–Trinajstić information content (AvgIpc) is 1.61. The van der Waals surface area contributed by atoms with Crippen molar-refractivity contribution in [1.29, 1.82) is 0 Å². The van der Waals surface area contributed by atoms with E-state index in [1.54, 1.807) is 0 Å². The monoisotopic (exact) mass is 98.0 g/mol. The zero-order chi connectivity index (χ0) is 5.70. The van der Waals surface area contributed by atoms with Gasteiger partial charge in [-0.15, -0.1) is 0 Å². The fourth-order valence-corrected chi connectivity index (χ4v) is 0.107. The average molecular weight is 98.1 g/mol. The number of aliphatic hydroxyl groups excluding tert-OH is 1. The second-order valence-corrected chi connectivity index (χ2v) is 0.843. The van der Waals surface area contributed by atoms with Crippen LogP contribution in [0.4, 0.5) is 0 Å². The summed E-state index contributed by atoms with van der Waals surface area (Å²) in [7, 11) is 0. The van der Waals surface area contributed by atoms with Crippen molar-refractivity contribution in [2.45, 2.75) is 0 Å².